The van der Waals surface area contributed by atoms with Gasteiger partial charge < -0.3 is 10.4 Å². The van der Waals surface area contributed by atoms with Crippen LogP contribution in [0.1, 0.15) is 54.1 Å². The van der Waals surface area contributed by atoms with Gasteiger partial charge in [-0.25, -0.2) is 4.98 Å². The highest BCUT2D eigenvalue weighted by Gasteiger charge is 2.29. The van der Waals surface area contributed by atoms with Crippen molar-refractivity contribution < 1.29 is 9.90 Å². The normalized spacial score (nSPS) is 23.8. The smallest absolute Gasteiger partial charge is 0.274 e. The van der Waals surface area contributed by atoms with Crippen LogP contribution in [0.2, 0.25) is 0 Å². The van der Waals surface area contributed by atoms with Crippen LogP contribution in [0.5, 0.6) is 0 Å². The second kappa shape index (κ2) is 5.73. The number of nitrogens with zero attached hydrogens (tertiary/aromatic N) is 2. The summed E-state index contributed by atoms with van der Waals surface area (Å²) in [7, 11) is 1.73. The second-order valence-corrected chi connectivity index (χ2v) is 7.04. The molecule has 24 heavy (non-hydrogen) atoms. The summed E-state index contributed by atoms with van der Waals surface area (Å²) in [6, 6.07) is 1.76. The Morgan fingerprint density at radius 3 is 2.88 bits per heavy atom. The van der Waals surface area contributed by atoms with Crippen LogP contribution in [0.25, 0.3) is 11.0 Å². The lowest BCUT2D eigenvalue weighted by molar-refractivity contribution is 0.0918. The van der Waals surface area contributed by atoms with Crippen LogP contribution in [0, 0.1) is 5.92 Å². The molecule has 0 aromatic carbocycles. The van der Waals surface area contributed by atoms with Crippen LogP contribution >= 0.6 is 0 Å². The molecular formula is C17H22N4O3. The average Bonchev–Trinajstić information content (AvgIpc) is 3.27. The topological polar surface area (TPSA) is 100 Å². The van der Waals surface area contributed by atoms with E-state index < -0.39 is 0 Å². The van der Waals surface area contributed by atoms with Gasteiger partial charge >= 0.3 is 0 Å². The van der Waals surface area contributed by atoms with Crippen molar-refractivity contribution in [2.75, 3.05) is 6.54 Å². The monoisotopic (exact) mass is 330 g/mol. The standard InChI is InChI=1S/C17H22N4O3/c1-21-15-14(17(24)20-21)11(7-12(19-15)9-5-6-9)16(23)18-8-10-3-2-4-13(10)22/h7,9-10,13,22H,2-6,8H2,1H3,(H,18,23)(H,20,24). The van der Waals surface area contributed by atoms with Gasteiger partial charge in [-0.2, -0.15) is 0 Å². The first kappa shape index (κ1) is 15.4. The van der Waals surface area contributed by atoms with E-state index in [0.717, 1.165) is 37.8 Å². The van der Waals surface area contributed by atoms with Gasteiger partial charge in [-0.05, 0) is 31.7 Å². The SMILES string of the molecule is Cn1[nH]c(=O)c2c(C(=O)NCC3CCCC3O)cc(C3CC3)nc21. The zero-order chi connectivity index (χ0) is 16.8. The zero-order valence-electron chi connectivity index (χ0n) is 13.7. The number of nitrogens with one attached hydrogen (secondary N) is 2. The molecule has 2 heterocycles. The Hall–Kier alpha value is -2.15. The molecule has 2 aromatic rings. The van der Waals surface area contributed by atoms with Gasteiger partial charge in [0.05, 0.1) is 17.1 Å². The highest BCUT2D eigenvalue weighted by Crippen LogP contribution is 2.39. The van der Waals surface area contributed by atoms with Crippen LogP contribution in [-0.2, 0) is 7.05 Å². The predicted octanol–water partition coefficient (Wildman–Crippen LogP) is 1.03. The Bertz CT molecular complexity index is 849. The maximum absolute atomic E-state index is 12.7. The van der Waals surface area contributed by atoms with Crippen LogP contribution in [0.15, 0.2) is 10.9 Å². The number of carbonyl (C=O) groups is 1. The van der Waals surface area contributed by atoms with Crippen molar-refractivity contribution in [3.8, 4) is 0 Å². The van der Waals surface area contributed by atoms with Crippen LogP contribution in [0.4, 0.5) is 0 Å². The molecule has 2 aromatic heterocycles. The minimum absolute atomic E-state index is 0.100. The van der Waals surface area contributed by atoms with Crippen LogP contribution in [0.3, 0.4) is 0 Å². The zero-order valence-corrected chi connectivity index (χ0v) is 13.7. The minimum atomic E-state index is -0.343. The van der Waals surface area contributed by atoms with Crippen molar-refractivity contribution in [2.24, 2.45) is 13.0 Å². The molecule has 0 spiro atoms. The Morgan fingerprint density at radius 2 is 2.21 bits per heavy atom. The largest absolute Gasteiger partial charge is 0.393 e. The number of aromatic nitrogens is 3. The Morgan fingerprint density at radius 1 is 1.42 bits per heavy atom. The first-order valence-corrected chi connectivity index (χ1v) is 8.60. The molecule has 7 heteroatoms. The van der Waals surface area contributed by atoms with Gasteiger partial charge in [0.1, 0.15) is 0 Å². The molecule has 2 fully saturated rings. The number of aliphatic hydroxyl groups excluding tert-OH is 1. The fourth-order valence-electron chi connectivity index (χ4n) is 3.62. The Balaban J connectivity index is 1.66. The molecule has 128 valence electrons. The van der Waals surface area contributed by atoms with Crippen molar-refractivity contribution in [3.63, 3.8) is 0 Å². The molecule has 3 N–H and O–H groups in total. The summed E-state index contributed by atoms with van der Waals surface area (Å²) in [5.74, 6) is 0.228. The van der Waals surface area contributed by atoms with E-state index in [9.17, 15) is 14.7 Å². The van der Waals surface area contributed by atoms with Gasteiger partial charge in [-0.3, -0.25) is 19.4 Å². The third-order valence-electron chi connectivity index (χ3n) is 5.22. The number of aromatic amines is 1. The number of H-pyrrole nitrogens is 1. The number of amides is 1. The predicted molar refractivity (Wildman–Crippen MR) is 89.0 cm³/mol. The summed E-state index contributed by atoms with van der Waals surface area (Å²) in [5.41, 5.74) is 1.49. The molecule has 2 aliphatic rings. The Labute approximate surface area is 139 Å². The molecule has 0 bridgehead atoms. The van der Waals surface area contributed by atoms with E-state index in [1.807, 2.05) is 0 Å². The maximum atomic E-state index is 12.7. The number of rotatable bonds is 4. The van der Waals surface area contributed by atoms with E-state index >= 15 is 0 Å². The number of hydrogen-bond acceptors (Lipinski definition) is 4. The van der Waals surface area contributed by atoms with E-state index in [1.54, 1.807) is 17.8 Å². The summed E-state index contributed by atoms with van der Waals surface area (Å²) < 4.78 is 1.57. The molecule has 7 nitrogen and oxygen atoms in total. The summed E-state index contributed by atoms with van der Waals surface area (Å²) in [6.07, 6.45) is 4.52. The van der Waals surface area contributed by atoms with Gasteiger partial charge in [0.25, 0.3) is 11.5 Å². The fraction of sp³-hybridized carbons (Fsp3) is 0.588. The van der Waals surface area contributed by atoms with Crippen LogP contribution in [-0.4, -0.2) is 38.4 Å². The third kappa shape index (κ3) is 2.62. The van der Waals surface area contributed by atoms with Gasteiger partial charge in [-0.1, -0.05) is 6.42 Å². The molecule has 4 rings (SSSR count). The van der Waals surface area contributed by atoms with Gasteiger partial charge in [0.15, 0.2) is 5.65 Å². The average molecular weight is 330 g/mol. The molecule has 0 radical (unpaired) electrons. The summed E-state index contributed by atoms with van der Waals surface area (Å²) in [6.45, 7) is 0.438. The first-order chi connectivity index (χ1) is 11.5. The van der Waals surface area contributed by atoms with Crippen molar-refractivity contribution in [1.82, 2.24) is 20.1 Å². The quantitative estimate of drug-likeness (QED) is 0.779. The van der Waals surface area contributed by atoms with Crippen molar-refractivity contribution in [1.29, 1.82) is 0 Å². The lowest BCUT2D eigenvalue weighted by atomic mass is 10.1. The molecule has 0 saturated heterocycles. The van der Waals surface area contributed by atoms with E-state index in [4.69, 9.17) is 0 Å². The van der Waals surface area contributed by atoms with E-state index in [1.165, 1.54) is 0 Å². The molecule has 2 atom stereocenters. The number of hydrogen-bond donors (Lipinski definition) is 3. The van der Waals surface area contributed by atoms with Crippen molar-refractivity contribution in [3.05, 3.63) is 27.7 Å². The van der Waals surface area contributed by atoms with E-state index in [-0.39, 0.29) is 23.5 Å². The molecule has 2 aliphatic carbocycles. The molecule has 2 unspecified atom stereocenters. The summed E-state index contributed by atoms with van der Waals surface area (Å²) in [4.78, 5) is 29.5. The summed E-state index contributed by atoms with van der Waals surface area (Å²) >= 11 is 0. The number of carbonyl (C=O) groups excluding carboxylic acids is 1. The van der Waals surface area contributed by atoms with E-state index in [0.29, 0.717) is 29.1 Å². The fourth-order valence-corrected chi connectivity index (χ4v) is 3.62. The lowest BCUT2D eigenvalue weighted by Crippen LogP contribution is -2.33. The minimum Gasteiger partial charge on any atom is -0.393 e. The molecule has 0 aliphatic heterocycles. The van der Waals surface area contributed by atoms with Gasteiger partial charge in [0.2, 0.25) is 0 Å². The lowest BCUT2D eigenvalue weighted by Gasteiger charge is -2.15. The molecular weight excluding hydrogens is 308 g/mol. The number of aryl methyl sites for hydroxylation is 1. The third-order valence-corrected chi connectivity index (χ3v) is 5.22. The molecule has 2 saturated carbocycles. The van der Waals surface area contributed by atoms with Gasteiger partial charge in [0, 0.05) is 31.1 Å². The number of pyridine rings is 1. The number of fused-ring (bicyclic) bond motifs is 1. The number of aliphatic hydroxyl groups is 1. The summed E-state index contributed by atoms with van der Waals surface area (Å²) in [5, 5.41) is 15.8. The highest BCUT2D eigenvalue weighted by molar-refractivity contribution is 6.05. The highest BCUT2D eigenvalue weighted by atomic mass is 16.3. The van der Waals surface area contributed by atoms with E-state index in [2.05, 4.69) is 15.4 Å². The maximum Gasteiger partial charge on any atom is 0.274 e. The second-order valence-electron chi connectivity index (χ2n) is 7.04. The van der Waals surface area contributed by atoms with Crippen molar-refractivity contribution >= 4 is 16.9 Å². The van der Waals surface area contributed by atoms with Gasteiger partial charge in [-0.15, -0.1) is 0 Å². The van der Waals surface area contributed by atoms with Crippen LogP contribution < -0.4 is 10.9 Å². The first-order valence-electron chi connectivity index (χ1n) is 8.60. The molecule has 1 amide bonds. The van der Waals surface area contributed by atoms with Crippen molar-refractivity contribution in [2.45, 2.75) is 44.1 Å². The Kier molecular flexibility index (Phi) is 3.68.